The van der Waals surface area contributed by atoms with Crippen molar-refractivity contribution in [3.8, 4) is 22.9 Å². The van der Waals surface area contributed by atoms with Gasteiger partial charge in [-0.3, -0.25) is 9.89 Å². The van der Waals surface area contributed by atoms with Crippen molar-refractivity contribution in [2.45, 2.75) is 6.42 Å². The molecule has 3 aromatic rings. The van der Waals surface area contributed by atoms with Crippen molar-refractivity contribution in [1.82, 2.24) is 20.5 Å². The molecule has 0 bridgehead atoms. The number of hydrogen-bond acceptors (Lipinski definition) is 5. The molecule has 1 aromatic heterocycles. The highest BCUT2D eigenvalue weighted by Crippen LogP contribution is 2.34. The van der Waals surface area contributed by atoms with Crippen LogP contribution in [0.3, 0.4) is 0 Å². The van der Waals surface area contributed by atoms with Gasteiger partial charge in [-0.05, 0) is 36.4 Å². The Balaban J connectivity index is 1.37. The minimum absolute atomic E-state index is 0.0929. The Labute approximate surface area is 158 Å². The number of carbonyl (C=O) groups is 1. The van der Waals surface area contributed by atoms with Crippen LogP contribution >= 0.6 is 11.6 Å². The summed E-state index contributed by atoms with van der Waals surface area (Å²) in [5, 5.41) is 9.89. The first-order chi connectivity index (χ1) is 13.1. The van der Waals surface area contributed by atoms with Gasteiger partial charge in [-0.15, -0.1) is 0 Å². The Morgan fingerprint density at radius 3 is 2.96 bits per heavy atom. The van der Waals surface area contributed by atoms with Crippen LogP contribution in [-0.4, -0.2) is 34.4 Å². The monoisotopic (exact) mass is 388 g/mol. The number of aromatic nitrogens is 3. The minimum atomic E-state index is -0.520. The number of aromatic amines is 1. The summed E-state index contributed by atoms with van der Waals surface area (Å²) in [4.78, 5) is 16.5. The molecule has 0 saturated heterocycles. The fraction of sp³-hybridized carbons (Fsp3) is 0.167. The summed E-state index contributed by atoms with van der Waals surface area (Å²) < 4.78 is 23.9. The summed E-state index contributed by atoms with van der Waals surface area (Å²) >= 11 is 5.92. The molecule has 0 unspecified atom stereocenters. The summed E-state index contributed by atoms with van der Waals surface area (Å²) in [5.41, 5.74) is 0.882. The third-order valence-corrected chi connectivity index (χ3v) is 4.31. The highest BCUT2D eigenvalue weighted by atomic mass is 35.5. The lowest BCUT2D eigenvalue weighted by Gasteiger charge is -2.05. The Morgan fingerprint density at radius 1 is 1.22 bits per heavy atom. The van der Waals surface area contributed by atoms with Gasteiger partial charge in [0, 0.05) is 18.5 Å². The summed E-state index contributed by atoms with van der Waals surface area (Å²) in [6, 6.07) is 9.10. The maximum absolute atomic E-state index is 13.3. The predicted octanol–water partition coefficient (Wildman–Crippen LogP) is 2.97. The number of rotatable bonds is 5. The van der Waals surface area contributed by atoms with Gasteiger partial charge in [0.1, 0.15) is 11.6 Å². The molecule has 2 N–H and O–H groups in total. The van der Waals surface area contributed by atoms with E-state index in [2.05, 4.69) is 20.5 Å². The average Bonchev–Trinajstić information content (AvgIpc) is 3.32. The molecule has 9 heteroatoms. The zero-order valence-electron chi connectivity index (χ0n) is 14.0. The van der Waals surface area contributed by atoms with Crippen LogP contribution in [0.15, 0.2) is 36.4 Å². The molecular formula is C18H14ClFN4O3. The molecule has 27 heavy (non-hydrogen) atoms. The first-order valence-corrected chi connectivity index (χ1v) is 8.52. The van der Waals surface area contributed by atoms with E-state index in [9.17, 15) is 9.18 Å². The van der Waals surface area contributed by atoms with Crippen LogP contribution in [0.2, 0.25) is 5.02 Å². The molecule has 0 aliphatic carbocycles. The number of halogens is 2. The summed E-state index contributed by atoms with van der Waals surface area (Å²) in [7, 11) is 0. The third kappa shape index (κ3) is 3.70. The molecule has 1 aliphatic heterocycles. The van der Waals surface area contributed by atoms with Crippen LogP contribution in [0.25, 0.3) is 11.4 Å². The number of hydrogen-bond donors (Lipinski definition) is 2. The van der Waals surface area contributed by atoms with E-state index in [1.165, 1.54) is 12.1 Å². The van der Waals surface area contributed by atoms with Crippen molar-refractivity contribution in [3.63, 3.8) is 0 Å². The van der Waals surface area contributed by atoms with Crippen LogP contribution in [0.4, 0.5) is 4.39 Å². The quantitative estimate of drug-likeness (QED) is 0.701. The number of H-pyrrole nitrogens is 1. The number of benzene rings is 2. The number of nitrogens with zero attached hydrogens (tertiary/aromatic N) is 2. The molecule has 2 aromatic carbocycles. The molecule has 2 heterocycles. The van der Waals surface area contributed by atoms with Crippen molar-refractivity contribution < 1.29 is 18.7 Å². The third-order valence-electron chi connectivity index (χ3n) is 3.98. The fourth-order valence-corrected chi connectivity index (χ4v) is 2.84. The number of fused-ring (bicyclic) bond motifs is 1. The molecule has 0 spiro atoms. The summed E-state index contributed by atoms with van der Waals surface area (Å²) in [5.74, 6) is 1.49. The van der Waals surface area contributed by atoms with Crippen LogP contribution < -0.4 is 14.8 Å². The number of amides is 1. The Hall–Kier alpha value is -3.13. The molecule has 7 nitrogen and oxygen atoms in total. The predicted molar refractivity (Wildman–Crippen MR) is 95.4 cm³/mol. The second-order valence-corrected chi connectivity index (χ2v) is 6.21. The maximum Gasteiger partial charge on any atom is 0.252 e. The maximum atomic E-state index is 13.3. The lowest BCUT2D eigenvalue weighted by Crippen LogP contribution is -2.26. The Bertz CT molecular complexity index is 1010. The molecule has 0 atom stereocenters. The number of carbonyl (C=O) groups excluding carboxylic acids is 1. The second-order valence-electron chi connectivity index (χ2n) is 5.80. The zero-order chi connectivity index (χ0) is 18.8. The van der Waals surface area contributed by atoms with Gasteiger partial charge in [0.15, 0.2) is 17.3 Å². The van der Waals surface area contributed by atoms with Crippen molar-refractivity contribution in [2.75, 3.05) is 13.3 Å². The largest absolute Gasteiger partial charge is 0.454 e. The van der Waals surface area contributed by atoms with E-state index in [4.69, 9.17) is 21.1 Å². The van der Waals surface area contributed by atoms with Crippen LogP contribution in [0.5, 0.6) is 11.5 Å². The summed E-state index contributed by atoms with van der Waals surface area (Å²) in [6.07, 6.45) is 0.427. The van der Waals surface area contributed by atoms with E-state index in [1.807, 2.05) is 12.1 Å². The van der Waals surface area contributed by atoms with Crippen molar-refractivity contribution in [3.05, 3.63) is 58.6 Å². The molecule has 0 fully saturated rings. The Morgan fingerprint density at radius 2 is 2.07 bits per heavy atom. The van der Waals surface area contributed by atoms with E-state index in [0.717, 1.165) is 11.6 Å². The fourth-order valence-electron chi connectivity index (χ4n) is 2.63. The van der Waals surface area contributed by atoms with Gasteiger partial charge in [-0.25, -0.2) is 9.37 Å². The van der Waals surface area contributed by atoms with Gasteiger partial charge in [0.05, 0.1) is 10.6 Å². The van der Waals surface area contributed by atoms with Crippen molar-refractivity contribution in [2.24, 2.45) is 0 Å². The highest BCUT2D eigenvalue weighted by Gasteiger charge is 2.16. The standard InChI is InChI=1S/C18H14ClFN4O3/c19-13-3-2-11(20)8-12(13)18(25)21-6-5-16-22-17(24-23-16)10-1-4-14-15(7-10)27-9-26-14/h1-4,7-8H,5-6,9H2,(H,21,25)(H,22,23,24). The Kier molecular flexibility index (Phi) is 4.64. The molecule has 1 amide bonds. The van der Waals surface area contributed by atoms with E-state index in [-0.39, 0.29) is 17.4 Å². The number of nitrogens with one attached hydrogen (secondary N) is 2. The van der Waals surface area contributed by atoms with Gasteiger partial charge in [0.25, 0.3) is 5.91 Å². The SMILES string of the molecule is O=C(NCCc1nc(-c2ccc3c(c2)OCO3)n[nH]1)c1cc(F)ccc1Cl. The van der Waals surface area contributed by atoms with E-state index in [1.54, 1.807) is 6.07 Å². The second kappa shape index (κ2) is 7.24. The van der Waals surface area contributed by atoms with Gasteiger partial charge < -0.3 is 14.8 Å². The first-order valence-electron chi connectivity index (χ1n) is 8.15. The van der Waals surface area contributed by atoms with E-state index < -0.39 is 11.7 Å². The van der Waals surface area contributed by atoms with Gasteiger partial charge >= 0.3 is 0 Å². The van der Waals surface area contributed by atoms with Crippen LogP contribution in [-0.2, 0) is 6.42 Å². The smallest absolute Gasteiger partial charge is 0.252 e. The lowest BCUT2D eigenvalue weighted by molar-refractivity contribution is 0.0953. The van der Waals surface area contributed by atoms with Crippen LogP contribution in [0, 0.1) is 5.82 Å². The summed E-state index contributed by atoms with van der Waals surface area (Å²) in [6.45, 7) is 0.495. The first kappa shape index (κ1) is 17.3. The van der Waals surface area contributed by atoms with Crippen molar-refractivity contribution >= 4 is 17.5 Å². The molecule has 138 valence electrons. The molecule has 1 aliphatic rings. The molecule has 0 saturated carbocycles. The van der Waals surface area contributed by atoms with Gasteiger partial charge in [-0.2, -0.15) is 5.10 Å². The minimum Gasteiger partial charge on any atom is -0.454 e. The molecule has 0 radical (unpaired) electrons. The lowest BCUT2D eigenvalue weighted by atomic mass is 10.2. The van der Waals surface area contributed by atoms with Gasteiger partial charge in [-0.1, -0.05) is 11.6 Å². The van der Waals surface area contributed by atoms with E-state index >= 15 is 0 Å². The number of ether oxygens (including phenoxy) is 2. The average molecular weight is 389 g/mol. The molecular weight excluding hydrogens is 375 g/mol. The highest BCUT2D eigenvalue weighted by molar-refractivity contribution is 6.33. The van der Waals surface area contributed by atoms with E-state index in [0.29, 0.717) is 36.1 Å². The molecule has 4 rings (SSSR count). The van der Waals surface area contributed by atoms with Gasteiger partial charge in [0.2, 0.25) is 6.79 Å². The van der Waals surface area contributed by atoms with Crippen LogP contribution in [0.1, 0.15) is 16.2 Å². The topological polar surface area (TPSA) is 89.1 Å². The van der Waals surface area contributed by atoms with Crippen molar-refractivity contribution in [1.29, 1.82) is 0 Å². The normalized spacial score (nSPS) is 12.2. The zero-order valence-corrected chi connectivity index (χ0v) is 14.7.